The Labute approximate surface area is 183 Å². The Morgan fingerprint density at radius 2 is 1.97 bits per heavy atom. The third-order valence-electron chi connectivity index (χ3n) is 5.77. The Bertz CT molecular complexity index is 974. The monoisotopic (exact) mass is 425 g/mol. The summed E-state index contributed by atoms with van der Waals surface area (Å²) in [5.74, 6) is 1.94. The minimum Gasteiger partial charge on any atom is -0.378 e. The lowest BCUT2D eigenvalue weighted by molar-refractivity contribution is -0.118. The number of allylic oxidation sites excluding steroid dienone is 2. The van der Waals surface area contributed by atoms with Gasteiger partial charge in [0.15, 0.2) is 5.78 Å². The van der Waals surface area contributed by atoms with Crippen LogP contribution in [0.3, 0.4) is 0 Å². The van der Waals surface area contributed by atoms with Crippen molar-refractivity contribution in [1.29, 1.82) is 0 Å². The molecule has 7 heteroatoms. The molecule has 2 heterocycles. The first kappa shape index (κ1) is 21.0. The van der Waals surface area contributed by atoms with Gasteiger partial charge in [0.25, 0.3) is 0 Å². The molecule has 1 unspecified atom stereocenters. The third kappa shape index (κ3) is 4.00. The van der Waals surface area contributed by atoms with Gasteiger partial charge in [0.2, 0.25) is 11.1 Å². The second kappa shape index (κ2) is 8.10. The molecule has 0 fully saturated rings. The Balaban J connectivity index is 1.77. The highest BCUT2D eigenvalue weighted by molar-refractivity contribution is 7.99. The van der Waals surface area contributed by atoms with Crippen LogP contribution in [0, 0.1) is 5.41 Å². The van der Waals surface area contributed by atoms with Gasteiger partial charge in [-0.05, 0) is 36.0 Å². The fraction of sp³-hybridized carbons (Fsp3) is 0.522. The molecule has 0 spiro atoms. The normalized spacial score (nSPS) is 19.9. The molecule has 1 aromatic carbocycles. The van der Waals surface area contributed by atoms with Gasteiger partial charge in [-0.1, -0.05) is 51.1 Å². The number of anilines is 2. The minimum absolute atomic E-state index is 0.0524. The molecule has 0 amide bonds. The van der Waals surface area contributed by atoms with E-state index in [2.05, 4.69) is 55.3 Å². The average Bonchev–Trinajstić information content (AvgIpc) is 3.08. The molecule has 1 N–H and O–H groups in total. The number of carbonyl (C=O) groups excluding carboxylic acids is 1. The van der Waals surface area contributed by atoms with Crippen molar-refractivity contribution in [3.05, 3.63) is 41.1 Å². The molecule has 0 radical (unpaired) electrons. The van der Waals surface area contributed by atoms with E-state index < -0.39 is 0 Å². The number of ketones is 1. The van der Waals surface area contributed by atoms with Gasteiger partial charge < -0.3 is 10.2 Å². The van der Waals surface area contributed by atoms with Crippen LogP contribution < -0.4 is 10.2 Å². The van der Waals surface area contributed by atoms with E-state index in [0.29, 0.717) is 6.42 Å². The number of thioether (sulfide) groups is 1. The number of Topliss-reactive ketones (excluding diaryl/α,β-unsaturated/α-hetero) is 1. The largest absolute Gasteiger partial charge is 0.378 e. The van der Waals surface area contributed by atoms with Crippen LogP contribution in [-0.2, 0) is 4.79 Å². The summed E-state index contributed by atoms with van der Waals surface area (Å²) in [6.45, 7) is 6.50. The summed E-state index contributed by atoms with van der Waals surface area (Å²) in [7, 11) is 4.06. The lowest BCUT2D eigenvalue weighted by Gasteiger charge is -2.38. The van der Waals surface area contributed by atoms with Gasteiger partial charge in [0.05, 0.1) is 0 Å². The lowest BCUT2D eigenvalue weighted by Crippen LogP contribution is -2.36. The molecule has 6 nitrogen and oxygen atoms in total. The van der Waals surface area contributed by atoms with E-state index >= 15 is 0 Å². The Morgan fingerprint density at radius 3 is 2.63 bits per heavy atom. The highest BCUT2D eigenvalue weighted by Gasteiger charge is 2.41. The second-order valence-electron chi connectivity index (χ2n) is 9.21. The van der Waals surface area contributed by atoms with Gasteiger partial charge >= 0.3 is 0 Å². The van der Waals surface area contributed by atoms with Crippen LogP contribution in [0.5, 0.6) is 0 Å². The zero-order valence-electron chi connectivity index (χ0n) is 18.5. The topological polar surface area (TPSA) is 63.1 Å². The molecule has 0 saturated carbocycles. The number of nitrogens with zero attached hydrogens (tertiary/aromatic N) is 4. The molecule has 1 atom stereocenters. The molecule has 0 saturated heterocycles. The fourth-order valence-electron chi connectivity index (χ4n) is 4.22. The number of benzene rings is 1. The molecule has 1 aromatic heterocycles. The van der Waals surface area contributed by atoms with Crippen LogP contribution in [0.25, 0.3) is 0 Å². The van der Waals surface area contributed by atoms with Gasteiger partial charge in [0.1, 0.15) is 6.04 Å². The van der Waals surface area contributed by atoms with Crippen molar-refractivity contribution in [1.82, 2.24) is 14.8 Å². The van der Waals surface area contributed by atoms with Crippen LogP contribution in [-0.4, -0.2) is 40.4 Å². The molecule has 2 aromatic rings. The first-order valence-electron chi connectivity index (χ1n) is 10.7. The number of hydrogen-bond donors (Lipinski definition) is 1. The molecular weight excluding hydrogens is 394 g/mol. The number of rotatable bonds is 6. The summed E-state index contributed by atoms with van der Waals surface area (Å²) in [5, 5.41) is 9.03. The van der Waals surface area contributed by atoms with Gasteiger partial charge in [-0.2, -0.15) is 4.98 Å². The molecule has 1 aliphatic carbocycles. The Morgan fingerprint density at radius 1 is 1.23 bits per heavy atom. The molecule has 1 aliphatic heterocycles. The fourth-order valence-corrected chi connectivity index (χ4v) is 5.13. The highest BCUT2D eigenvalue weighted by Crippen LogP contribution is 2.45. The first-order chi connectivity index (χ1) is 14.3. The number of carbonyl (C=O) groups is 1. The Kier molecular flexibility index (Phi) is 5.66. The summed E-state index contributed by atoms with van der Waals surface area (Å²) >= 11 is 1.68. The minimum atomic E-state index is -0.232. The van der Waals surface area contributed by atoms with Gasteiger partial charge in [-0.3, -0.25) is 4.79 Å². The summed E-state index contributed by atoms with van der Waals surface area (Å²) in [6, 6.07) is 8.19. The van der Waals surface area contributed by atoms with Gasteiger partial charge in [-0.25, -0.2) is 4.68 Å². The SMILES string of the molecule is CCCCSc1nc2n(n1)C(c1ccc(N(C)C)cc1)C1=C(CC(C)(C)CC1=O)N2. The second-order valence-corrected chi connectivity index (χ2v) is 10.3. The number of nitrogens with one attached hydrogen (secondary N) is 1. The standard InChI is InChI=1S/C23H31N5OS/c1-6-7-12-30-22-25-21-24-17-13-23(2,3)14-18(29)19(17)20(28(21)26-22)15-8-10-16(11-9-15)27(4)5/h8-11,20H,6-7,12-14H2,1-5H3,(H,24,25,26). The number of unbranched alkanes of at least 4 members (excludes halogenated alkanes) is 1. The summed E-state index contributed by atoms with van der Waals surface area (Å²) in [6.07, 6.45) is 3.69. The lowest BCUT2D eigenvalue weighted by atomic mass is 9.73. The molecule has 2 aliphatic rings. The van der Waals surface area contributed by atoms with Crippen LogP contribution in [0.4, 0.5) is 11.6 Å². The van der Waals surface area contributed by atoms with Crippen LogP contribution in [0.2, 0.25) is 0 Å². The summed E-state index contributed by atoms with van der Waals surface area (Å²) in [5.41, 5.74) is 3.99. The van der Waals surface area contributed by atoms with Crippen LogP contribution in [0.15, 0.2) is 40.7 Å². The molecule has 30 heavy (non-hydrogen) atoms. The number of aromatic nitrogens is 3. The van der Waals surface area contributed by atoms with Crippen molar-refractivity contribution >= 4 is 29.2 Å². The van der Waals surface area contributed by atoms with E-state index in [0.717, 1.165) is 58.6 Å². The van der Waals surface area contributed by atoms with Gasteiger partial charge in [-0.15, -0.1) is 5.10 Å². The quantitative estimate of drug-likeness (QED) is 0.525. The van der Waals surface area contributed by atoms with E-state index in [1.54, 1.807) is 11.8 Å². The zero-order chi connectivity index (χ0) is 21.5. The van der Waals surface area contributed by atoms with Crippen LogP contribution in [0.1, 0.15) is 58.1 Å². The van der Waals surface area contributed by atoms with E-state index in [4.69, 9.17) is 10.1 Å². The maximum atomic E-state index is 13.3. The van der Waals surface area contributed by atoms with Crippen molar-refractivity contribution < 1.29 is 4.79 Å². The van der Waals surface area contributed by atoms with Crippen molar-refractivity contribution in [3.8, 4) is 0 Å². The predicted octanol–water partition coefficient (Wildman–Crippen LogP) is 4.89. The summed E-state index contributed by atoms with van der Waals surface area (Å²) in [4.78, 5) is 20.1. The smallest absolute Gasteiger partial charge is 0.227 e. The van der Waals surface area contributed by atoms with Crippen molar-refractivity contribution in [2.75, 3.05) is 30.1 Å². The maximum absolute atomic E-state index is 13.3. The maximum Gasteiger partial charge on any atom is 0.227 e. The number of hydrogen-bond acceptors (Lipinski definition) is 6. The molecular formula is C23H31N5OS. The third-order valence-corrected chi connectivity index (χ3v) is 6.69. The van der Waals surface area contributed by atoms with Crippen LogP contribution >= 0.6 is 11.8 Å². The highest BCUT2D eigenvalue weighted by atomic mass is 32.2. The van der Waals surface area contributed by atoms with E-state index in [9.17, 15) is 4.79 Å². The number of fused-ring (bicyclic) bond motifs is 1. The Hall–Kier alpha value is -2.28. The average molecular weight is 426 g/mol. The van der Waals surface area contributed by atoms with E-state index in [1.165, 1.54) is 0 Å². The first-order valence-corrected chi connectivity index (χ1v) is 11.7. The molecule has 4 rings (SSSR count). The van der Waals surface area contributed by atoms with Gasteiger partial charge in [0, 0.05) is 43.2 Å². The summed E-state index contributed by atoms with van der Waals surface area (Å²) < 4.78 is 1.91. The van der Waals surface area contributed by atoms with Crippen molar-refractivity contribution in [3.63, 3.8) is 0 Å². The zero-order valence-corrected chi connectivity index (χ0v) is 19.3. The van der Waals surface area contributed by atoms with E-state index in [1.807, 2.05) is 18.8 Å². The van der Waals surface area contributed by atoms with E-state index in [-0.39, 0.29) is 17.2 Å². The predicted molar refractivity (Wildman–Crippen MR) is 123 cm³/mol. The van der Waals surface area contributed by atoms with Crippen molar-refractivity contribution in [2.45, 2.75) is 57.7 Å². The molecule has 160 valence electrons. The van der Waals surface area contributed by atoms with Crippen molar-refractivity contribution in [2.24, 2.45) is 5.41 Å². The molecule has 0 bridgehead atoms.